The van der Waals surface area contributed by atoms with E-state index in [-0.39, 0.29) is 11.1 Å². The molecule has 0 spiro atoms. The van der Waals surface area contributed by atoms with E-state index in [4.69, 9.17) is 25.9 Å². The lowest BCUT2D eigenvalue weighted by Gasteiger charge is -2.15. The first-order chi connectivity index (χ1) is 10.7. The molecule has 1 amide bonds. The first kappa shape index (κ1) is 17.6. The fourth-order valence-electron chi connectivity index (χ4n) is 2.61. The maximum Gasteiger partial charge on any atom is 0.490 e. The Labute approximate surface area is 134 Å². The van der Waals surface area contributed by atoms with Gasteiger partial charge in [0.25, 0.3) is 5.91 Å². The summed E-state index contributed by atoms with van der Waals surface area (Å²) in [6, 6.07) is 3.24. The highest BCUT2D eigenvalue weighted by molar-refractivity contribution is 6.29. The van der Waals surface area contributed by atoms with Crippen LogP contribution >= 0.6 is 11.6 Å². The highest BCUT2D eigenvalue weighted by Crippen LogP contribution is 2.28. The molecule has 0 radical (unpaired) electrons. The monoisotopic (exact) mass is 354 g/mol. The maximum atomic E-state index is 12.0. The summed E-state index contributed by atoms with van der Waals surface area (Å²) in [6.07, 6.45) is -5.08. The van der Waals surface area contributed by atoms with Gasteiger partial charge in [0.2, 0.25) is 0 Å². The molecule has 0 aliphatic carbocycles. The Kier molecular flexibility index (Phi) is 5.20. The van der Waals surface area contributed by atoms with Crippen molar-refractivity contribution in [3.8, 4) is 0 Å². The number of rotatable bonds is 1. The maximum absolute atomic E-state index is 12.0. The summed E-state index contributed by atoms with van der Waals surface area (Å²) in [5, 5.41) is 10.7. The number of carboxylic acid groups (broad SMARTS) is 1. The predicted molar refractivity (Wildman–Crippen MR) is 73.2 cm³/mol. The van der Waals surface area contributed by atoms with E-state index in [0.29, 0.717) is 17.6 Å². The molecule has 2 aliphatic heterocycles. The third kappa shape index (κ3) is 4.38. The molecule has 1 aromatic heterocycles. The molecule has 3 heterocycles. The number of likely N-dealkylation sites (tertiary alicyclic amines) is 1. The molecule has 10 heteroatoms. The Hall–Kier alpha value is -1.74. The van der Waals surface area contributed by atoms with Crippen LogP contribution in [0.3, 0.4) is 0 Å². The lowest BCUT2D eigenvalue weighted by atomic mass is 10.0. The number of alkyl halides is 3. The second-order valence-electron chi connectivity index (χ2n) is 5.30. The van der Waals surface area contributed by atoms with Gasteiger partial charge < -0.3 is 19.7 Å². The minimum absolute atomic E-state index is 0.0405. The van der Waals surface area contributed by atoms with Crippen molar-refractivity contribution in [2.24, 2.45) is 11.8 Å². The van der Waals surface area contributed by atoms with Gasteiger partial charge in [-0.15, -0.1) is 0 Å². The van der Waals surface area contributed by atoms with Crippen molar-refractivity contribution in [2.75, 3.05) is 26.2 Å². The number of amides is 1. The van der Waals surface area contributed by atoms with Crippen LogP contribution < -0.4 is 5.32 Å². The van der Waals surface area contributed by atoms with Crippen LogP contribution in [0.2, 0.25) is 5.22 Å². The largest absolute Gasteiger partial charge is 0.490 e. The molecule has 2 unspecified atom stereocenters. The molecule has 6 nitrogen and oxygen atoms in total. The van der Waals surface area contributed by atoms with E-state index in [1.807, 2.05) is 4.90 Å². The van der Waals surface area contributed by atoms with Crippen LogP contribution in [0.4, 0.5) is 13.2 Å². The number of nitrogens with one attached hydrogen (secondary N) is 1. The lowest BCUT2D eigenvalue weighted by Crippen LogP contribution is -2.31. The smallest absolute Gasteiger partial charge is 0.475 e. The van der Waals surface area contributed by atoms with Gasteiger partial charge in [0.05, 0.1) is 0 Å². The summed E-state index contributed by atoms with van der Waals surface area (Å²) in [7, 11) is 0. The van der Waals surface area contributed by atoms with Gasteiger partial charge in [-0.2, -0.15) is 13.2 Å². The van der Waals surface area contributed by atoms with Crippen molar-refractivity contribution in [3.63, 3.8) is 0 Å². The zero-order valence-corrected chi connectivity index (χ0v) is 12.5. The molecular weight excluding hydrogens is 341 g/mol. The fourth-order valence-corrected chi connectivity index (χ4v) is 2.75. The molecule has 0 aromatic carbocycles. The summed E-state index contributed by atoms with van der Waals surface area (Å²) < 4.78 is 36.9. The van der Waals surface area contributed by atoms with E-state index in [1.165, 1.54) is 0 Å². The third-order valence-corrected chi connectivity index (χ3v) is 3.91. The van der Waals surface area contributed by atoms with Crippen molar-refractivity contribution in [3.05, 3.63) is 23.1 Å². The number of hydrogen-bond acceptors (Lipinski definition) is 4. The molecule has 0 bridgehead atoms. The molecule has 2 atom stereocenters. The van der Waals surface area contributed by atoms with Gasteiger partial charge in [-0.3, -0.25) is 4.79 Å². The summed E-state index contributed by atoms with van der Waals surface area (Å²) in [5.74, 6) is -1.24. The van der Waals surface area contributed by atoms with Crippen molar-refractivity contribution >= 4 is 23.5 Å². The Morgan fingerprint density at radius 3 is 2.17 bits per heavy atom. The minimum Gasteiger partial charge on any atom is -0.475 e. The molecule has 2 N–H and O–H groups in total. The van der Waals surface area contributed by atoms with Crippen LogP contribution in [0.15, 0.2) is 16.5 Å². The van der Waals surface area contributed by atoms with Crippen LogP contribution in [-0.4, -0.2) is 54.2 Å². The number of fused-ring (bicyclic) bond motifs is 1. The summed E-state index contributed by atoms with van der Waals surface area (Å²) >= 11 is 5.66. The number of furan rings is 1. The number of halogens is 4. The quantitative estimate of drug-likeness (QED) is 0.804. The standard InChI is InChI=1S/C11H13ClN2O2.C2HF3O2/c12-10-2-1-9(16-10)11(15)14-5-7-3-13-4-8(7)6-14;3-2(4,5)1(6)7/h1-2,7-8,13H,3-6H2;(H,6,7). The Bertz CT molecular complexity index is 578. The molecule has 2 saturated heterocycles. The zero-order valence-electron chi connectivity index (χ0n) is 11.8. The van der Waals surface area contributed by atoms with Gasteiger partial charge in [-0.1, -0.05) is 0 Å². The number of carbonyl (C=O) groups is 2. The second-order valence-corrected chi connectivity index (χ2v) is 5.67. The number of hydrogen-bond donors (Lipinski definition) is 2. The minimum atomic E-state index is -5.08. The van der Waals surface area contributed by atoms with Gasteiger partial charge in [-0.05, 0) is 35.6 Å². The molecule has 128 valence electrons. The Balaban J connectivity index is 0.000000236. The van der Waals surface area contributed by atoms with Crippen molar-refractivity contribution < 1.29 is 32.3 Å². The normalized spacial score (nSPS) is 23.2. The molecule has 1 aromatic rings. The van der Waals surface area contributed by atoms with E-state index in [1.54, 1.807) is 12.1 Å². The number of carboxylic acids is 1. The van der Waals surface area contributed by atoms with E-state index in [2.05, 4.69) is 5.32 Å². The average Bonchev–Trinajstić information content (AvgIpc) is 3.11. The number of nitrogens with zero attached hydrogens (tertiary/aromatic N) is 1. The van der Waals surface area contributed by atoms with Crippen molar-refractivity contribution in [1.29, 1.82) is 0 Å². The van der Waals surface area contributed by atoms with Crippen molar-refractivity contribution in [1.82, 2.24) is 10.2 Å². The van der Waals surface area contributed by atoms with E-state index >= 15 is 0 Å². The summed E-state index contributed by atoms with van der Waals surface area (Å²) in [4.78, 5) is 22.8. The zero-order chi connectivity index (χ0) is 17.2. The molecule has 23 heavy (non-hydrogen) atoms. The average molecular weight is 355 g/mol. The van der Waals surface area contributed by atoms with E-state index < -0.39 is 12.1 Å². The van der Waals surface area contributed by atoms with E-state index in [0.717, 1.165) is 26.2 Å². The molecular formula is C13H14ClF3N2O4. The van der Waals surface area contributed by atoms with Crippen LogP contribution in [0.25, 0.3) is 0 Å². The lowest BCUT2D eigenvalue weighted by molar-refractivity contribution is -0.192. The molecule has 3 rings (SSSR count). The summed E-state index contributed by atoms with van der Waals surface area (Å²) in [6.45, 7) is 3.70. The Morgan fingerprint density at radius 2 is 1.78 bits per heavy atom. The number of aliphatic carboxylic acids is 1. The highest BCUT2D eigenvalue weighted by atomic mass is 35.5. The molecule has 2 aliphatic rings. The third-order valence-electron chi connectivity index (χ3n) is 3.70. The van der Waals surface area contributed by atoms with Crippen LogP contribution in [0.5, 0.6) is 0 Å². The highest BCUT2D eigenvalue weighted by Gasteiger charge is 2.39. The van der Waals surface area contributed by atoms with Gasteiger partial charge in [0.15, 0.2) is 11.0 Å². The van der Waals surface area contributed by atoms with E-state index in [9.17, 15) is 18.0 Å². The van der Waals surface area contributed by atoms with Gasteiger partial charge in [0.1, 0.15) is 0 Å². The SMILES string of the molecule is O=C(O)C(F)(F)F.O=C(c1ccc(Cl)o1)N1CC2CNCC2C1. The predicted octanol–water partition coefficient (Wildman–Crippen LogP) is 1.86. The Morgan fingerprint density at radius 1 is 1.26 bits per heavy atom. The topological polar surface area (TPSA) is 82.8 Å². The first-order valence-corrected chi connectivity index (χ1v) is 7.11. The molecule has 2 fully saturated rings. The molecule has 0 saturated carbocycles. The van der Waals surface area contributed by atoms with Crippen LogP contribution in [0.1, 0.15) is 10.6 Å². The van der Waals surface area contributed by atoms with Crippen LogP contribution in [-0.2, 0) is 4.79 Å². The van der Waals surface area contributed by atoms with Crippen LogP contribution in [0, 0.1) is 11.8 Å². The fraction of sp³-hybridized carbons (Fsp3) is 0.538. The first-order valence-electron chi connectivity index (χ1n) is 6.74. The second kappa shape index (κ2) is 6.79. The summed E-state index contributed by atoms with van der Waals surface area (Å²) in [5.41, 5.74) is 0. The van der Waals surface area contributed by atoms with Gasteiger partial charge in [0, 0.05) is 26.2 Å². The van der Waals surface area contributed by atoms with Gasteiger partial charge in [-0.25, -0.2) is 4.79 Å². The van der Waals surface area contributed by atoms with Gasteiger partial charge >= 0.3 is 12.1 Å². The number of carbonyl (C=O) groups excluding carboxylic acids is 1. The van der Waals surface area contributed by atoms with Crippen molar-refractivity contribution in [2.45, 2.75) is 6.18 Å².